The van der Waals surface area contributed by atoms with E-state index in [4.69, 9.17) is 5.21 Å². The van der Waals surface area contributed by atoms with Crippen molar-refractivity contribution in [1.82, 2.24) is 5.32 Å². The Kier molecular flexibility index (Phi) is 5.69. The number of nitro groups is 1. The van der Waals surface area contributed by atoms with E-state index < -0.39 is 16.9 Å². The molecule has 1 atom stereocenters. The molecule has 84 valence electrons. The third-order valence-corrected chi connectivity index (χ3v) is 1.54. The van der Waals surface area contributed by atoms with Crippen molar-refractivity contribution >= 4 is 11.6 Å². The maximum absolute atomic E-state index is 11.1. The highest BCUT2D eigenvalue weighted by molar-refractivity contribution is 6.43. The standard InChI is InChI=1S/C8H13N3O4/c1-3-9-8(12)7(10-13)5-4-6(2)11(14)15/h4-6,13H,3H2,1-2H3,(H,9,12)/b5-4?,10-7+. The fraction of sp³-hybridized carbons (Fsp3) is 0.500. The first-order valence-electron chi connectivity index (χ1n) is 4.34. The molecule has 15 heavy (non-hydrogen) atoms. The number of oxime groups is 1. The van der Waals surface area contributed by atoms with E-state index in [1.807, 2.05) is 0 Å². The van der Waals surface area contributed by atoms with E-state index in [2.05, 4.69) is 10.5 Å². The number of hydrogen-bond acceptors (Lipinski definition) is 5. The van der Waals surface area contributed by atoms with E-state index in [0.717, 1.165) is 6.08 Å². The molecule has 0 heterocycles. The van der Waals surface area contributed by atoms with Gasteiger partial charge in [0.05, 0.1) is 0 Å². The van der Waals surface area contributed by atoms with Crippen LogP contribution in [0.1, 0.15) is 13.8 Å². The highest BCUT2D eigenvalue weighted by atomic mass is 16.6. The molecule has 0 radical (unpaired) electrons. The van der Waals surface area contributed by atoms with Crippen molar-refractivity contribution in [1.29, 1.82) is 0 Å². The smallest absolute Gasteiger partial charge is 0.273 e. The van der Waals surface area contributed by atoms with Crippen LogP contribution in [0.25, 0.3) is 0 Å². The van der Waals surface area contributed by atoms with Gasteiger partial charge in [0.25, 0.3) is 5.91 Å². The van der Waals surface area contributed by atoms with Crippen molar-refractivity contribution in [2.75, 3.05) is 6.54 Å². The average molecular weight is 215 g/mol. The van der Waals surface area contributed by atoms with Crippen molar-refractivity contribution < 1.29 is 14.9 Å². The minimum absolute atomic E-state index is 0.259. The molecule has 1 unspecified atom stereocenters. The summed E-state index contributed by atoms with van der Waals surface area (Å²) in [5.74, 6) is -0.577. The Morgan fingerprint density at radius 3 is 2.73 bits per heavy atom. The first kappa shape index (κ1) is 13.1. The van der Waals surface area contributed by atoms with Gasteiger partial charge in [0.1, 0.15) is 0 Å². The van der Waals surface area contributed by atoms with Crippen molar-refractivity contribution in [3.63, 3.8) is 0 Å². The maximum Gasteiger partial charge on any atom is 0.273 e. The summed E-state index contributed by atoms with van der Waals surface area (Å²) in [4.78, 5) is 20.9. The minimum atomic E-state index is -0.934. The predicted molar refractivity (Wildman–Crippen MR) is 53.5 cm³/mol. The minimum Gasteiger partial charge on any atom is -0.410 e. The summed E-state index contributed by atoms with van der Waals surface area (Å²) in [7, 11) is 0. The van der Waals surface area contributed by atoms with Gasteiger partial charge in [0.15, 0.2) is 5.71 Å². The second kappa shape index (κ2) is 6.52. The van der Waals surface area contributed by atoms with Crippen LogP contribution in [0.5, 0.6) is 0 Å². The predicted octanol–water partition coefficient (Wildman–Crippen LogP) is 0.174. The molecule has 0 fully saturated rings. The lowest BCUT2D eigenvalue weighted by Gasteiger charge is -2.00. The van der Waals surface area contributed by atoms with Crippen molar-refractivity contribution in [2.24, 2.45) is 5.16 Å². The second-order valence-corrected chi connectivity index (χ2v) is 2.73. The zero-order valence-corrected chi connectivity index (χ0v) is 8.51. The van der Waals surface area contributed by atoms with Crippen molar-refractivity contribution in [3.8, 4) is 0 Å². The highest BCUT2D eigenvalue weighted by Gasteiger charge is 2.11. The molecule has 0 bridgehead atoms. The number of nitrogens with one attached hydrogen (secondary N) is 1. The maximum atomic E-state index is 11.1. The van der Waals surface area contributed by atoms with E-state index >= 15 is 0 Å². The van der Waals surface area contributed by atoms with Crippen LogP contribution >= 0.6 is 0 Å². The monoisotopic (exact) mass is 215 g/mol. The summed E-state index contributed by atoms with van der Waals surface area (Å²) in [6.45, 7) is 3.44. The van der Waals surface area contributed by atoms with Gasteiger partial charge in [-0.15, -0.1) is 0 Å². The Morgan fingerprint density at radius 2 is 2.33 bits per heavy atom. The molecule has 0 spiro atoms. The Morgan fingerprint density at radius 1 is 1.73 bits per heavy atom. The first-order chi connectivity index (χ1) is 7.02. The number of carbonyl (C=O) groups is 1. The molecule has 2 N–H and O–H groups in total. The van der Waals surface area contributed by atoms with Crippen LogP contribution < -0.4 is 5.32 Å². The van der Waals surface area contributed by atoms with E-state index in [1.165, 1.54) is 13.0 Å². The fourth-order valence-electron chi connectivity index (χ4n) is 0.706. The molecule has 0 saturated heterocycles. The molecule has 0 rings (SSSR count). The molecular weight excluding hydrogens is 202 g/mol. The third-order valence-electron chi connectivity index (χ3n) is 1.54. The summed E-state index contributed by atoms with van der Waals surface area (Å²) < 4.78 is 0. The molecule has 0 aliphatic heterocycles. The lowest BCUT2D eigenvalue weighted by Crippen LogP contribution is -2.30. The van der Waals surface area contributed by atoms with Crippen LogP contribution in [0, 0.1) is 10.1 Å². The number of carbonyl (C=O) groups excluding carboxylic acids is 1. The molecule has 1 amide bonds. The number of amides is 1. The van der Waals surface area contributed by atoms with Crippen molar-refractivity contribution in [2.45, 2.75) is 19.9 Å². The number of hydrogen-bond donors (Lipinski definition) is 2. The SMILES string of the molecule is CCNC(=O)/C(C=CC(C)[N+](=O)[O-])=N/O. The normalized spacial score (nSPS) is 13.9. The summed E-state index contributed by atoms with van der Waals surface area (Å²) in [5.41, 5.74) is -0.259. The Balaban J connectivity index is 4.47. The number of nitrogens with zero attached hydrogens (tertiary/aromatic N) is 2. The molecular formula is C8H13N3O4. The first-order valence-corrected chi connectivity index (χ1v) is 4.34. The van der Waals surface area contributed by atoms with Gasteiger partial charge >= 0.3 is 0 Å². The molecule has 0 aromatic carbocycles. The zero-order valence-electron chi connectivity index (χ0n) is 8.51. The van der Waals surface area contributed by atoms with Crippen molar-refractivity contribution in [3.05, 3.63) is 22.3 Å². The largest absolute Gasteiger partial charge is 0.410 e. The van der Waals surface area contributed by atoms with Crippen LogP contribution in [0.15, 0.2) is 17.3 Å². The van der Waals surface area contributed by atoms with Crippen LogP contribution in [0.4, 0.5) is 0 Å². The van der Waals surface area contributed by atoms with Crippen LogP contribution in [-0.2, 0) is 4.79 Å². The molecule has 0 aliphatic carbocycles. The van der Waals surface area contributed by atoms with Crippen LogP contribution in [0.3, 0.4) is 0 Å². The molecule has 0 saturated carbocycles. The molecule has 7 nitrogen and oxygen atoms in total. The Labute approximate surface area is 86.6 Å². The lowest BCUT2D eigenvalue weighted by atomic mass is 10.2. The van der Waals surface area contributed by atoms with Crippen LogP contribution in [-0.4, -0.2) is 34.3 Å². The Bertz CT molecular complexity index is 298. The molecule has 0 aromatic rings. The molecule has 0 aromatic heterocycles. The average Bonchev–Trinajstić information content (AvgIpc) is 2.18. The van der Waals surface area contributed by atoms with Gasteiger partial charge in [-0.3, -0.25) is 14.9 Å². The second-order valence-electron chi connectivity index (χ2n) is 2.73. The fourth-order valence-corrected chi connectivity index (χ4v) is 0.706. The Hall–Kier alpha value is -1.92. The van der Waals surface area contributed by atoms with Gasteiger partial charge in [-0.1, -0.05) is 5.16 Å². The van der Waals surface area contributed by atoms with Gasteiger partial charge in [-0.2, -0.15) is 0 Å². The van der Waals surface area contributed by atoms with Gasteiger partial charge < -0.3 is 10.5 Å². The summed E-state index contributed by atoms with van der Waals surface area (Å²) >= 11 is 0. The quantitative estimate of drug-likeness (QED) is 0.295. The lowest BCUT2D eigenvalue weighted by molar-refractivity contribution is -0.504. The van der Waals surface area contributed by atoms with Gasteiger partial charge in [-0.25, -0.2) is 0 Å². The molecule has 0 aliphatic rings. The topological polar surface area (TPSA) is 105 Å². The van der Waals surface area contributed by atoms with Gasteiger partial charge in [0.2, 0.25) is 6.04 Å². The molecule has 7 heteroatoms. The van der Waals surface area contributed by atoms with Gasteiger partial charge in [-0.05, 0) is 19.1 Å². The van der Waals surface area contributed by atoms with E-state index in [1.54, 1.807) is 6.92 Å². The van der Waals surface area contributed by atoms with Gasteiger partial charge in [0, 0.05) is 18.4 Å². The summed E-state index contributed by atoms with van der Waals surface area (Å²) in [6, 6.07) is -0.934. The van der Waals surface area contributed by atoms with E-state index in [-0.39, 0.29) is 5.71 Å². The van der Waals surface area contributed by atoms with E-state index in [9.17, 15) is 14.9 Å². The zero-order chi connectivity index (χ0) is 11.8. The summed E-state index contributed by atoms with van der Waals surface area (Å²) in [6.07, 6.45) is 2.28. The summed E-state index contributed by atoms with van der Waals surface area (Å²) in [5, 5.41) is 23.9. The highest BCUT2D eigenvalue weighted by Crippen LogP contribution is 1.92. The number of rotatable bonds is 5. The van der Waals surface area contributed by atoms with E-state index in [0.29, 0.717) is 6.54 Å². The van der Waals surface area contributed by atoms with Crippen LogP contribution in [0.2, 0.25) is 0 Å². The third kappa shape index (κ3) is 4.75.